The molecule has 0 unspecified atom stereocenters. The summed E-state index contributed by atoms with van der Waals surface area (Å²) < 4.78 is 8.93. The van der Waals surface area contributed by atoms with Gasteiger partial charge in [-0.3, -0.25) is 4.79 Å². The van der Waals surface area contributed by atoms with E-state index in [1.165, 1.54) is 12.3 Å². The lowest BCUT2D eigenvalue weighted by molar-refractivity contribution is -0.133. The van der Waals surface area contributed by atoms with Gasteiger partial charge in [0, 0.05) is 6.07 Å². The second-order valence-electron chi connectivity index (χ2n) is 1.52. The molecule has 0 aliphatic carbocycles. The van der Waals surface area contributed by atoms with E-state index < -0.39 is 5.97 Å². The molecule has 0 atom stereocenters. The summed E-state index contributed by atoms with van der Waals surface area (Å²) in [6.07, 6.45) is 1.30. The van der Waals surface area contributed by atoms with Crippen molar-refractivity contribution >= 4 is 5.97 Å². The first kappa shape index (κ1) is 6.76. The number of nitrogens with zero attached hydrogens (tertiary/aromatic N) is 1. The third-order valence-corrected chi connectivity index (χ3v) is 0.799. The maximum Gasteiger partial charge on any atom is 0.326 e. The minimum absolute atomic E-state index is 0.135. The minimum Gasteiger partial charge on any atom is -0.403 e. The quantitative estimate of drug-likeness (QED) is 0.565. The van der Waals surface area contributed by atoms with Crippen molar-refractivity contribution in [2.24, 2.45) is 5.73 Å². The molecule has 54 valence electrons. The van der Waals surface area contributed by atoms with Gasteiger partial charge in [-0.25, -0.2) is 0 Å². The summed E-state index contributed by atoms with van der Waals surface area (Å²) in [5.41, 5.74) is 4.96. The molecule has 0 fully saturated rings. The fraction of sp³-hybridized carbons (Fsp3) is 0.200. The van der Waals surface area contributed by atoms with E-state index >= 15 is 0 Å². The van der Waals surface area contributed by atoms with E-state index in [9.17, 15) is 4.79 Å². The second-order valence-corrected chi connectivity index (χ2v) is 1.52. The van der Waals surface area contributed by atoms with Gasteiger partial charge in [-0.2, -0.15) is 0 Å². The molecule has 0 bridgehead atoms. The average Bonchev–Trinajstić information content (AvgIpc) is 2.40. The third-order valence-electron chi connectivity index (χ3n) is 0.799. The van der Waals surface area contributed by atoms with Crippen LogP contribution in [0.2, 0.25) is 0 Å². The van der Waals surface area contributed by atoms with Crippen LogP contribution >= 0.6 is 0 Å². The van der Waals surface area contributed by atoms with Crippen LogP contribution in [0, 0.1) is 0 Å². The first-order chi connectivity index (χ1) is 4.83. The SMILES string of the molecule is NCC(=O)Oc1ccon1. The van der Waals surface area contributed by atoms with Gasteiger partial charge in [0.1, 0.15) is 6.26 Å². The van der Waals surface area contributed by atoms with Crippen LogP contribution in [0.3, 0.4) is 0 Å². The van der Waals surface area contributed by atoms with E-state index in [-0.39, 0.29) is 12.4 Å². The number of esters is 1. The lowest BCUT2D eigenvalue weighted by atomic mass is 10.6. The number of nitrogens with two attached hydrogens (primary N) is 1. The number of hydrogen-bond acceptors (Lipinski definition) is 5. The van der Waals surface area contributed by atoms with Gasteiger partial charge in [0.2, 0.25) is 0 Å². The average molecular weight is 142 g/mol. The van der Waals surface area contributed by atoms with E-state index in [1.807, 2.05) is 0 Å². The molecule has 10 heavy (non-hydrogen) atoms. The van der Waals surface area contributed by atoms with Crippen molar-refractivity contribution < 1.29 is 14.1 Å². The second kappa shape index (κ2) is 2.98. The highest BCUT2D eigenvalue weighted by Gasteiger charge is 2.02. The summed E-state index contributed by atoms with van der Waals surface area (Å²) in [7, 11) is 0. The Morgan fingerprint density at radius 1 is 1.90 bits per heavy atom. The highest BCUT2D eigenvalue weighted by atomic mass is 16.6. The number of carbonyl (C=O) groups excluding carboxylic acids is 1. The van der Waals surface area contributed by atoms with Crippen molar-refractivity contribution in [3.05, 3.63) is 12.3 Å². The van der Waals surface area contributed by atoms with Crippen LogP contribution in [0.4, 0.5) is 0 Å². The topological polar surface area (TPSA) is 78.4 Å². The molecule has 0 aliphatic rings. The molecule has 0 saturated carbocycles. The van der Waals surface area contributed by atoms with Gasteiger partial charge in [0.25, 0.3) is 5.88 Å². The Morgan fingerprint density at radius 2 is 2.70 bits per heavy atom. The van der Waals surface area contributed by atoms with Crippen LogP contribution in [0.1, 0.15) is 0 Å². The van der Waals surface area contributed by atoms with Crippen LogP contribution < -0.4 is 10.5 Å². The van der Waals surface area contributed by atoms with Gasteiger partial charge < -0.3 is 15.0 Å². The molecule has 0 aromatic carbocycles. The van der Waals surface area contributed by atoms with Crippen molar-refractivity contribution in [2.45, 2.75) is 0 Å². The van der Waals surface area contributed by atoms with Gasteiger partial charge in [-0.15, -0.1) is 0 Å². The summed E-state index contributed by atoms with van der Waals surface area (Å²) in [5, 5.41) is 3.33. The Morgan fingerprint density at radius 3 is 3.20 bits per heavy atom. The Bertz CT molecular complexity index is 207. The first-order valence-corrected chi connectivity index (χ1v) is 2.64. The van der Waals surface area contributed by atoms with Gasteiger partial charge in [0.15, 0.2) is 0 Å². The number of rotatable bonds is 2. The van der Waals surface area contributed by atoms with Crippen molar-refractivity contribution in [1.29, 1.82) is 0 Å². The van der Waals surface area contributed by atoms with Gasteiger partial charge in [-0.1, -0.05) is 0 Å². The number of carbonyl (C=O) groups is 1. The van der Waals surface area contributed by atoms with Crippen LogP contribution in [-0.4, -0.2) is 17.7 Å². The highest BCUT2D eigenvalue weighted by molar-refractivity contribution is 5.73. The minimum atomic E-state index is -0.533. The Hall–Kier alpha value is -1.36. The third kappa shape index (κ3) is 1.56. The van der Waals surface area contributed by atoms with E-state index in [0.29, 0.717) is 0 Å². The molecule has 0 amide bonds. The zero-order valence-electron chi connectivity index (χ0n) is 5.11. The fourth-order valence-electron chi connectivity index (χ4n) is 0.412. The first-order valence-electron chi connectivity index (χ1n) is 2.64. The van der Waals surface area contributed by atoms with Crippen LogP contribution in [0.5, 0.6) is 5.88 Å². The zero-order chi connectivity index (χ0) is 7.40. The Balaban J connectivity index is 2.48. The summed E-state index contributed by atoms with van der Waals surface area (Å²) in [5.74, 6) is -0.399. The molecular formula is C5H6N2O3. The smallest absolute Gasteiger partial charge is 0.326 e. The van der Waals surface area contributed by atoms with Gasteiger partial charge >= 0.3 is 5.97 Å². The Kier molecular flexibility index (Phi) is 2.01. The number of aromatic nitrogens is 1. The molecule has 2 N–H and O–H groups in total. The molecule has 1 aromatic heterocycles. The lowest BCUT2D eigenvalue weighted by Gasteiger charge is -1.93. The maximum atomic E-state index is 10.5. The molecular weight excluding hydrogens is 136 g/mol. The highest BCUT2D eigenvalue weighted by Crippen LogP contribution is 2.03. The van der Waals surface area contributed by atoms with Crippen LogP contribution in [0.15, 0.2) is 16.9 Å². The normalized spacial score (nSPS) is 9.30. The molecule has 1 aromatic rings. The summed E-state index contributed by atoms with van der Waals surface area (Å²) in [4.78, 5) is 10.5. The fourth-order valence-corrected chi connectivity index (χ4v) is 0.412. The molecule has 0 aliphatic heterocycles. The standard InChI is InChI=1S/C5H6N2O3/c6-3-5(8)10-4-1-2-9-7-4/h1-2H,3,6H2. The zero-order valence-corrected chi connectivity index (χ0v) is 5.11. The molecule has 0 spiro atoms. The summed E-state index contributed by atoms with van der Waals surface area (Å²) in [6.45, 7) is -0.160. The maximum absolute atomic E-state index is 10.5. The molecule has 5 heteroatoms. The monoisotopic (exact) mass is 142 g/mol. The summed E-state index contributed by atoms with van der Waals surface area (Å²) in [6, 6.07) is 1.42. The van der Waals surface area contributed by atoms with Crippen LogP contribution in [0.25, 0.3) is 0 Å². The van der Waals surface area contributed by atoms with Crippen molar-refractivity contribution in [3.63, 3.8) is 0 Å². The molecule has 5 nitrogen and oxygen atoms in total. The largest absolute Gasteiger partial charge is 0.403 e. The van der Waals surface area contributed by atoms with E-state index in [4.69, 9.17) is 5.73 Å². The van der Waals surface area contributed by atoms with E-state index in [2.05, 4.69) is 14.4 Å². The Labute approximate surface area is 56.7 Å². The van der Waals surface area contributed by atoms with E-state index in [0.717, 1.165) is 0 Å². The predicted octanol–water partition coefficient (Wildman–Crippen LogP) is -0.461. The van der Waals surface area contributed by atoms with Crippen LogP contribution in [-0.2, 0) is 4.79 Å². The van der Waals surface area contributed by atoms with Gasteiger partial charge in [0.05, 0.1) is 6.54 Å². The van der Waals surface area contributed by atoms with Crippen molar-refractivity contribution in [1.82, 2.24) is 5.16 Å². The number of hydrogen-bond donors (Lipinski definition) is 1. The molecule has 0 saturated heterocycles. The van der Waals surface area contributed by atoms with Gasteiger partial charge in [-0.05, 0) is 5.16 Å². The molecule has 1 rings (SSSR count). The lowest BCUT2D eigenvalue weighted by Crippen LogP contribution is -2.19. The van der Waals surface area contributed by atoms with Crippen molar-refractivity contribution in [2.75, 3.05) is 6.54 Å². The number of ether oxygens (including phenoxy) is 1. The molecule has 0 radical (unpaired) electrons. The molecule has 1 heterocycles. The predicted molar refractivity (Wildman–Crippen MR) is 31.2 cm³/mol. The van der Waals surface area contributed by atoms with Crippen molar-refractivity contribution in [3.8, 4) is 5.88 Å². The summed E-state index contributed by atoms with van der Waals surface area (Å²) >= 11 is 0. The van der Waals surface area contributed by atoms with E-state index in [1.54, 1.807) is 0 Å².